The highest BCUT2D eigenvalue weighted by Crippen LogP contribution is 2.30. The lowest BCUT2D eigenvalue weighted by Crippen LogP contribution is -2.08. The van der Waals surface area contributed by atoms with Gasteiger partial charge in [0.2, 0.25) is 0 Å². The smallest absolute Gasteiger partial charge is 0.343 e. The molecule has 2 aromatic rings. The molecule has 0 heterocycles. The molecule has 4 nitrogen and oxygen atoms in total. The van der Waals surface area contributed by atoms with Crippen LogP contribution in [-0.4, -0.2) is 16.2 Å². The Morgan fingerprint density at radius 2 is 1.78 bits per heavy atom. The molecule has 0 saturated carbocycles. The van der Waals surface area contributed by atoms with E-state index in [2.05, 4.69) is 0 Å². The van der Waals surface area contributed by atoms with Crippen molar-refractivity contribution in [3.8, 4) is 11.5 Å². The molecule has 0 spiro atoms. The van der Waals surface area contributed by atoms with E-state index in [1.54, 1.807) is 42.5 Å². The van der Waals surface area contributed by atoms with E-state index in [9.17, 15) is 9.90 Å². The first-order valence-corrected chi connectivity index (χ1v) is 5.41. The van der Waals surface area contributed by atoms with E-state index in [-0.39, 0.29) is 18.1 Å². The summed E-state index contributed by atoms with van der Waals surface area (Å²) in [6.07, 6.45) is 0. The minimum Gasteiger partial charge on any atom is -0.504 e. The lowest BCUT2D eigenvalue weighted by molar-refractivity contribution is 0.0729. The highest BCUT2D eigenvalue weighted by molar-refractivity contribution is 5.91. The molecule has 18 heavy (non-hydrogen) atoms. The van der Waals surface area contributed by atoms with Gasteiger partial charge in [-0.25, -0.2) is 4.79 Å². The molecule has 0 saturated heterocycles. The van der Waals surface area contributed by atoms with Gasteiger partial charge in [-0.2, -0.15) is 0 Å². The number of carbonyl (C=O) groups is 1. The summed E-state index contributed by atoms with van der Waals surface area (Å²) in [6, 6.07) is 13.1. The van der Waals surface area contributed by atoms with Gasteiger partial charge in [-0.15, -0.1) is 0 Å². The molecule has 0 bridgehead atoms. The quantitative estimate of drug-likeness (QED) is 0.641. The number of esters is 1. The van der Waals surface area contributed by atoms with Crippen molar-refractivity contribution in [2.24, 2.45) is 0 Å². The number of benzene rings is 2. The number of ether oxygens (including phenoxy) is 1. The molecule has 0 aliphatic carbocycles. The highest BCUT2D eigenvalue weighted by atomic mass is 16.5. The molecule has 92 valence electrons. The summed E-state index contributed by atoms with van der Waals surface area (Å²) in [6.45, 7) is -0.317. The van der Waals surface area contributed by atoms with E-state index < -0.39 is 5.97 Å². The van der Waals surface area contributed by atoms with Crippen molar-refractivity contribution < 1.29 is 19.7 Å². The fourth-order valence-electron chi connectivity index (χ4n) is 1.51. The molecule has 2 rings (SSSR count). The van der Waals surface area contributed by atoms with Crippen molar-refractivity contribution in [2.75, 3.05) is 0 Å². The maximum absolute atomic E-state index is 11.8. The van der Waals surface area contributed by atoms with Crippen LogP contribution in [0.3, 0.4) is 0 Å². The minimum absolute atomic E-state index is 0.0374. The van der Waals surface area contributed by atoms with Crippen LogP contribution in [0.15, 0.2) is 48.5 Å². The van der Waals surface area contributed by atoms with Crippen molar-refractivity contribution in [3.63, 3.8) is 0 Å². The van der Waals surface area contributed by atoms with Crippen LogP contribution in [0.1, 0.15) is 15.9 Å². The van der Waals surface area contributed by atoms with Crippen molar-refractivity contribution in [1.82, 2.24) is 0 Å². The second-order valence-corrected chi connectivity index (χ2v) is 3.68. The molecule has 0 atom stereocenters. The molecular weight excluding hydrogens is 232 g/mol. The fraction of sp³-hybridized carbons (Fsp3) is 0.0714. The van der Waals surface area contributed by atoms with Crippen LogP contribution in [0, 0.1) is 0 Å². The second kappa shape index (κ2) is 5.33. The van der Waals surface area contributed by atoms with E-state index in [4.69, 9.17) is 9.84 Å². The van der Waals surface area contributed by atoms with Gasteiger partial charge in [-0.3, -0.25) is 0 Å². The van der Waals surface area contributed by atoms with Gasteiger partial charge in [-0.1, -0.05) is 30.3 Å². The predicted molar refractivity (Wildman–Crippen MR) is 65.4 cm³/mol. The lowest BCUT2D eigenvalue weighted by atomic mass is 10.2. The molecular formula is C14H12O4. The number of aliphatic hydroxyl groups is 1. The van der Waals surface area contributed by atoms with E-state index in [1.165, 1.54) is 6.07 Å². The van der Waals surface area contributed by atoms with Crippen LogP contribution in [0.5, 0.6) is 11.5 Å². The van der Waals surface area contributed by atoms with E-state index >= 15 is 0 Å². The first-order chi connectivity index (χ1) is 8.72. The third-order valence-electron chi connectivity index (χ3n) is 2.47. The van der Waals surface area contributed by atoms with Crippen LogP contribution in [0.4, 0.5) is 0 Å². The maximum atomic E-state index is 11.8. The number of aromatic hydroxyl groups is 1. The number of para-hydroxylation sites is 1. The first-order valence-electron chi connectivity index (χ1n) is 5.41. The monoisotopic (exact) mass is 244 g/mol. The van der Waals surface area contributed by atoms with E-state index in [0.29, 0.717) is 11.1 Å². The van der Waals surface area contributed by atoms with Crippen molar-refractivity contribution in [3.05, 3.63) is 59.7 Å². The molecule has 2 aromatic carbocycles. The number of hydrogen-bond donors (Lipinski definition) is 2. The minimum atomic E-state index is -0.555. The van der Waals surface area contributed by atoms with Crippen LogP contribution in [0.25, 0.3) is 0 Å². The summed E-state index contributed by atoms with van der Waals surface area (Å²) in [7, 11) is 0. The average molecular weight is 244 g/mol. The topological polar surface area (TPSA) is 66.8 Å². The second-order valence-electron chi connectivity index (χ2n) is 3.68. The van der Waals surface area contributed by atoms with Gasteiger partial charge in [0.05, 0.1) is 12.2 Å². The largest absolute Gasteiger partial charge is 0.504 e. The Bertz CT molecular complexity index is 549. The van der Waals surface area contributed by atoms with Crippen molar-refractivity contribution >= 4 is 5.97 Å². The summed E-state index contributed by atoms with van der Waals surface area (Å²) in [5.41, 5.74) is 0.708. The van der Waals surface area contributed by atoms with Crippen LogP contribution in [0.2, 0.25) is 0 Å². The third kappa shape index (κ3) is 2.49. The molecule has 0 radical (unpaired) electrons. The Morgan fingerprint density at radius 1 is 1.06 bits per heavy atom. The molecule has 0 aromatic heterocycles. The number of aliphatic hydroxyl groups excluding tert-OH is 1. The summed E-state index contributed by atoms with van der Waals surface area (Å²) in [4.78, 5) is 11.8. The summed E-state index contributed by atoms with van der Waals surface area (Å²) in [5, 5.41) is 18.7. The molecule has 0 fully saturated rings. The third-order valence-corrected chi connectivity index (χ3v) is 2.47. The van der Waals surface area contributed by atoms with Crippen LogP contribution >= 0.6 is 0 Å². The molecule has 4 heteroatoms. The Labute approximate surface area is 104 Å². The Balaban J connectivity index is 2.22. The van der Waals surface area contributed by atoms with Crippen molar-refractivity contribution in [1.29, 1.82) is 0 Å². The van der Waals surface area contributed by atoms with Gasteiger partial charge in [-0.05, 0) is 18.2 Å². The van der Waals surface area contributed by atoms with Crippen LogP contribution in [-0.2, 0) is 6.61 Å². The number of carbonyl (C=O) groups excluding carboxylic acids is 1. The summed E-state index contributed by atoms with van der Waals surface area (Å²) < 4.78 is 5.07. The zero-order chi connectivity index (χ0) is 13.0. The first kappa shape index (κ1) is 12.1. The fourth-order valence-corrected chi connectivity index (χ4v) is 1.51. The van der Waals surface area contributed by atoms with Gasteiger partial charge in [0, 0.05) is 5.56 Å². The normalized spacial score (nSPS) is 10.1. The average Bonchev–Trinajstić information content (AvgIpc) is 2.42. The summed E-state index contributed by atoms with van der Waals surface area (Å²) >= 11 is 0. The number of rotatable bonds is 3. The molecule has 0 aliphatic heterocycles. The zero-order valence-electron chi connectivity index (χ0n) is 9.54. The van der Waals surface area contributed by atoms with Gasteiger partial charge in [0.15, 0.2) is 11.5 Å². The molecule has 0 aliphatic rings. The summed E-state index contributed by atoms with van der Waals surface area (Å²) in [5.74, 6) is -0.735. The Morgan fingerprint density at radius 3 is 2.44 bits per heavy atom. The van der Waals surface area contributed by atoms with E-state index in [1.807, 2.05) is 0 Å². The van der Waals surface area contributed by atoms with E-state index in [0.717, 1.165) is 0 Å². The molecule has 0 amide bonds. The van der Waals surface area contributed by atoms with Gasteiger partial charge in [0.1, 0.15) is 0 Å². The highest BCUT2D eigenvalue weighted by Gasteiger charge is 2.12. The standard InChI is InChI=1S/C14H12O4/c15-9-11-7-4-8-12(13(11)16)18-14(17)10-5-2-1-3-6-10/h1-8,15-16H,9H2. The lowest BCUT2D eigenvalue weighted by Gasteiger charge is -2.08. The van der Waals surface area contributed by atoms with Gasteiger partial charge in [0.25, 0.3) is 0 Å². The van der Waals surface area contributed by atoms with Crippen molar-refractivity contribution in [2.45, 2.75) is 6.61 Å². The number of phenols is 1. The zero-order valence-corrected chi connectivity index (χ0v) is 9.54. The molecule has 2 N–H and O–H groups in total. The maximum Gasteiger partial charge on any atom is 0.343 e. The molecule has 0 unspecified atom stereocenters. The van der Waals surface area contributed by atoms with Crippen LogP contribution < -0.4 is 4.74 Å². The van der Waals surface area contributed by atoms with Gasteiger partial charge < -0.3 is 14.9 Å². The Hall–Kier alpha value is -2.33. The SMILES string of the molecule is O=C(Oc1cccc(CO)c1O)c1ccccc1. The Kier molecular flexibility index (Phi) is 3.60. The number of hydrogen-bond acceptors (Lipinski definition) is 4. The predicted octanol–water partition coefficient (Wildman–Crippen LogP) is 2.10. The van der Waals surface area contributed by atoms with Gasteiger partial charge >= 0.3 is 5.97 Å².